The van der Waals surface area contributed by atoms with Gasteiger partial charge in [0.1, 0.15) is 5.69 Å². The SMILES string of the molecule is O=C(Nc1nc2c(s1)C(c1ccccn1)CCC2)c1cccn1Cc1ccncc1. The van der Waals surface area contributed by atoms with E-state index in [-0.39, 0.29) is 11.8 Å². The summed E-state index contributed by atoms with van der Waals surface area (Å²) >= 11 is 1.57. The van der Waals surface area contributed by atoms with Gasteiger partial charge in [0.05, 0.1) is 5.69 Å². The Morgan fingerprint density at radius 2 is 2.03 bits per heavy atom. The number of thiazole rings is 1. The van der Waals surface area contributed by atoms with Gasteiger partial charge in [0.15, 0.2) is 5.13 Å². The van der Waals surface area contributed by atoms with Crippen molar-refractivity contribution in [2.75, 3.05) is 5.32 Å². The van der Waals surface area contributed by atoms with Gasteiger partial charge in [-0.3, -0.25) is 20.1 Å². The first-order valence-electron chi connectivity index (χ1n) is 10.0. The molecule has 4 aromatic heterocycles. The zero-order chi connectivity index (χ0) is 20.3. The monoisotopic (exact) mass is 415 g/mol. The minimum atomic E-state index is -0.144. The molecule has 1 atom stereocenters. The van der Waals surface area contributed by atoms with Gasteiger partial charge in [-0.2, -0.15) is 0 Å². The second kappa shape index (κ2) is 8.20. The third-order valence-corrected chi connectivity index (χ3v) is 6.51. The number of amides is 1. The maximum Gasteiger partial charge on any atom is 0.274 e. The topological polar surface area (TPSA) is 72.7 Å². The van der Waals surface area contributed by atoms with E-state index in [4.69, 9.17) is 4.98 Å². The van der Waals surface area contributed by atoms with E-state index in [0.717, 1.165) is 36.2 Å². The lowest BCUT2D eigenvalue weighted by atomic mass is 9.89. The zero-order valence-electron chi connectivity index (χ0n) is 16.4. The van der Waals surface area contributed by atoms with Crippen LogP contribution in [0, 0.1) is 0 Å². The number of fused-ring (bicyclic) bond motifs is 1. The summed E-state index contributed by atoms with van der Waals surface area (Å²) < 4.78 is 1.94. The van der Waals surface area contributed by atoms with Crippen molar-refractivity contribution in [3.05, 3.63) is 94.8 Å². The molecule has 0 fully saturated rings. The molecule has 7 heteroatoms. The molecule has 0 aromatic carbocycles. The molecule has 0 aliphatic heterocycles. The fourth-order valence-electron chi connectivity index (χ4n) is 3.94. The van der Waals surface area contributed by atoms with Crippen LogP contribution in [-0.4, -0.2) is 25.4 Å². The minimum Gasteiger partial charge on any atom is -0.339 e. The lowest BCUT2D eigenvalue weighted by Crippen LogP contribution is -2.17. The average Bonchev–Trinajstić information content (AvgIpc) is 3.41. The number of pyridine rings is 2. The molecule has 0 saturated carbocycles. The largest absolute Gasteiger partial charge is 0.339 e. The standard InChI is InChI=1S/C23H21N5OS/c29-22(20-8-4-14-28(20)15-16-9-12-24-13-10-16)27-23-26-19-7-3-5-17(21(19)30-23)18-6-1-2-11-25-18/h1-2,4,6,8-14,17H,3,5,7,15H2,(H,26,27,29). The third-order valence-electron chi connectivity index (χ3n) is 5.38. The molecule has 4 aromatic rings. The summed E-state index contributed by atoms with van der Waals surface area (Å²) in [6.45, 7) is 0.619. The quantitative estimate of drug-likeness (QED) is 0.521. The van der Waals surface area contributed by atoms with Gasteiger partial charge < -0.3 is 4.57 Å². The number of carbonyl (C=O) groups excluding carboxylic acids is 1. The van der Waals surface area contributed by atoms with Crippen molar-refractivity contribution >= 4 is 22.4 Å². The van der Waals surface area contributed by atoms with Crippen LogP contribution in [0.4, 0.5) is 5.13 Å². The molecular weight excluding hydrogens is 394 g/mol. The number of nitrogens with zero attached hydrogens (tertiary/aromatic N) is 4. The summed E-state index contributed by atoms with van der Waals surface area (Å²) in [6.07, 6.45) is 10.4. The molecule has 6 nitrogen and oxygen atoms in total. The van der Waals surface area contributed by atoms with Gasteiger partial charge in [-0.05, 0) is 61.2 Å². The van der Waals surface area contributed by atoms with E-state index in [1.807, 2.05) is 53.4 Å². The first-order valence-corrected chi connectivity index (χ1v) is 10.9. The number of nitrogens with one attached hydrogen (secondary N) is 1. The van der Waals surface area contributed by atoms with Gasteiger partial charge in [-0.15, -0.1) is 11.3 Å². The Balaban J connectivity index is 1.36. The van der Waals surface area contributed by atoms with Gasteiger partial charge >= 0.3 is 0 Å². The fourth-order valence-corrected chi connectivity index (χ4v) is 5.10. The highest BCUT2D eigenvalue weighted by molar-refractivity contribution is 7.16. The van der Waals surface area contributed by atoms with Crippen LogP contribution in [-0.2, 0) is 13.0 Å². The summed E-state index contributed by atoms with van der Waals surface area (Å²) in [5, 5.41) is 3.67. The predicted molar refractivity (Wildman–Crippen MR) is 117 cm³/mol. The highest BCUT2D eigenvalue weighted by Gasteiger charge is 2.27. The Labute approximate surface area is 178 Å². The van der Waals surface area contributed by atoms with E-state index in [9.17, 15) is 4.79 Å². The summed E-state index contributed by atoms with van der Waals surface area (Å²) in [5.74, 6) is 0.114. The maximum atomic E-state index is 13.0. The smallest absolute Gasteiger partial charge is 0.274 e. The van der Waals surface area contributed by atoms with Crippen LogP contribution in [0.3, 0.4) is 0 Å². The van der Waals surface area contributed by atoms with Crippen LogP contribution in [0.2, 0.25) is 0 Å². The third kappa shape index (κ3) is 3.76. The Hall–Kier alpha value is -3.32. The number of aryl methyl sites for hydroxylation is 1. The van der Waals surface area contributed by atoms with E-state index in [0.29, 0.717) is 17.4 Å². The Morgan fingerprint density at radius 1 is 1.13 bits per heavy atom. The van der Waals surface area contributed by atoms with Gasteiger partial charge in [0.25, 0.3) is 5.91 Å². The summed E-state index contributed by atoms with van der Waals surface area (Å²) in [4.78, 5) is 27.5. The van der Waals surface area contributed by atoms with Crippen LogP contribution < -0.4 is 5.32 Å². The van der Waals surface area contributed by atoms with Crippen molar-refractivity contribution in [2.45, 2.75) is 31.7 Å². The highest BCUT2D eigenvalue weighted by atomic mass is 32.1. The molecule has 4 heterocycles. The van der Waals surface area contributed by atoms with Crippen molar-refractivity contribution in [1.82, 2.24) is 19.5 Å². The molecule has 0 saturated heterocycles. The van der Waals surface area contributed by atoms with Crippen molar-refractivity contribution in [1.29, 1.82) is 0 Å². The zero-order valence-corrected chi connectivity index (χ0v) is 17.2. The summed E-state index contributed by atoms with van der Waals surface area (Å²) in [6, 6.07) is 13.7. The highest BCUT2D eigenvalue weighted by Crippen LogP contribution is 2.40. The molecule has 1 unspecified atom stereocenters. The molecule has 1 aliphatic rings. The Morgan fingerprint density at radius 3 is 2.87 bits per heavy atom. The van der Waals surface area contributed by atoms with Crippen LogP contribution in [0.5, 0.6) is 0 Å². The van der Waals surface area contributed by atoms with Crippen molar-refractivity contribution in [2.24, 2.45) is 0 Å². The summed E-state index contributed by atoms with van der Waals surface area (Å²) in [5.41, 5.74) is 3.87. The van der Waals surface area contributed by atoms with Crippen LogP contribution in [0.25, 0.3) is 0 Å². The molecule has 1 N–H and O–H groups in total. The average molecular weight is 416 g/mol. The Bertz CT molecular complexity index is 1150. The number of anilines is 1. The van der Waals surface area contributed by atoms with Crippen molar-refractivity contribution < 1.29 is 4.79 Å². The predicted octanol–water partition coefficient (Wildman–Crippen LogP) is 4.50. The number of hydrogen-bond donors (Lipinski definition) is 1. The number of rotatable bonds is 5. The van der Waals surface area contributed by atoms with E-state index in [1.54, 1.807) is 23.7 Å². The molecular formula is C23H21N5OS. The number of carbonyl (C=O) groups is 1. The number of hydrogen-bond acceptors (Lipinski definition) is 5. The lowest BCUT2D eigenvalue weighted by molar-refractivity contribution is 0.101. The second-order valence-electron chi connectivity index (χ2n) is 7.36. The second-order valence-corrected chi connectivity index (χ2v) is 8.39. The maximum absolute atomic E-state index is 13.0. The van der Waals surface area contributed by atoms with E-state index < -0.39 is 0 Å². The molecule has 0 spiro atoms. The van der Waals surface area contributed by atoms with Gasteiger partial charge in [0.2, 0.25) is 0 Å². The van der Waals surface area contributed by atoms with Crippen molar-refractivity contribution in [3.8, 4) is 0 Å². The molecule has 1 aliphatic carbocycles. The first-order chi connectivity index (χ1) is 14.8. The fraction of sp³-hybridized carbons (Fsp3) is 0.217. The lowest BCUT2D eigenvalue weighted by Gasteiger charge is -2.20. The normalized spacial score (nSPS) is 15.5. The first kappa shape index (κ1) is 18.7. The molecule has 0 radical (unpaired) electrons. The molecule has 1 amide bonds. The molecule has 0 bridgehead atoms. The molecule has 30 heavy (non-hydrogen) atoms. The van der Waals surface area contributed by atoms with Crippen molar-refractivity contribution in [3.63, 3.8) is 0 Å². The van der Waals surface area contributed by atoms with E-state index in [1.165, 1.54) is 4.88 Å². The van der Waals surface area contributed by atoms with Crippen LogP contribution >= 0.6 is 11.3 Å². The van der Waals surface area contributed by atoms with Gasteiger partial charge in [-0.1, -0.05) is 6.07 Å². The van der Waals surface area contributed by atoms with E-state index in [2.05, 4.69) is 21.4 Å². The molecule has 5 rings (SSSR count). The summed E-state index contributed by atoms with van der Waals surface area (Å²) in [7, 11) is 0. The van der Waals surface area contributed by atoms with Crippen LogP contribution in [0.15, 0.2) is 67.3 Å². The van der Waals surface area contributed by atoms with E-state index >= 15 is 0 Å². The number of aromatic nitrogens is 4. The minimum absolute atomic E-state index is 0.144. The van der Waals surface area contributed by atoms with Gasteiger partial charge in [0, 0.05) is 47.8 Å². The molecule has 150 valence electrons. The Kier molecular flexibility index (Phi) is 5.11. The van der Waals surface area contributed by atoms with Crippen LogP contribution in [0.1, 0.15) is 51.1 Å². The van der Waals surface area contributed by atoms with Gasteiger partial charge in [-0.25, -0.2) is 4.98 Å².